The second-order valence-electron chi connectivity index (χ2n) is 3.82. The number of nitrogens with zero attached hydrogens (tertiary/aromatic N) is 2. The lowest BCUT2D eigenvalue weighted by Crippen LogP contribution is -2.32. The summed E-state index contributed by atoms with van der Waals surface area (Å²) in [5.74, 6) is 0.837. The third-order valence-corrected chi connectivity index (χ3v) is 2.74. The Balaban J connectivity index is 1.78. The molecular formula is C12H11N3O2. The van der Waals surface area contributed by atoms with Gasteiger partial charge in [-0.05, 0) is 6.07 Å². The fourth-order valence-corrected chi connectivity index (χ4v) is 1.88. The molecule has 1 aliphatic heterocycles. The molecule has 1 unspecified atom stereocenters. The zero-order valence-electron chi connectivity index (χ0n) is 9.04. The maximum Gasteiger partial charge on any atom is 0.327 e. The average molecular weight is 229 g/mol. The minimum atomic E-state index is -0.201. The van der Waals surface area contributed by atoms with Gasteiger partial charge in [-0.25, -0.2) is 9.78 Å². The number of hydrogen-bond donors (Lipinski definition) is 1. The zero-order chi connectivity index (χ0) is 11.7. The van der Waals surface area contributed by atoms with Crippen molar-refractivity contribution in [3.8, 4) is 5.75 Å². The Morgan fingerprint density at radius 1 is 1.47 bits per heavy atom. The molecule has 1 aromatic carbocycles. The minimum Gasteiger partial charge on any atom is -0.491 e. The number of hydrogen-bond acceptors (Lipinski definition) is 3. The van der Waals surface area contributed by atoms with Gasteiger partial charge >= 0.3 is 6.03 Å². The van der Waals surface area contributed by atoms with E-state index in [1.54, 1.807) is 12.4 Å². The Morgan fingerprint density at radius 3 is 3.18 bits per heavy atom. The first-order valence-electron chi connectivity index (χ1n) is 5.35. The number of imidazole rings is 1. The van der Waals surface area contributed by atoms with Crippen LogP contribution in [0.5, 0.6) is 5.75 Å². The Bertz CT molecular complexity index is 536. The lowest BCUT2D eigenvalue weighted by molar-refractivity contribution is 0.233. The lowest BCUT2D eigenvalue weighted by Gasteiger charge is -2.11. The number of carbonyl (C=O) groups excluding carboxylic acids is 1. The van der Waals surface area contributed by atoms with E-state index in [9.17, 15) is 4.79 Å². The summed E-state index contributed by atoms with van der Waals surface area (Å²) < 4.78 is 6.89. The molecule has 0 saturated heterocycles. The average Bonchev–Trinajstić information content (AvgIpc) is 2.98. The van der Waals surface area contributed by atoms with Gasteiger partial charge in [-0.3, -0.25) is 4.57 Å². The molecule has 3 rings (SSSR count). The Hall–Kier alpha value is -2.30. The summed E-state index contributed by atoms with van der Waals surface area (Å²) in [6, 6.07) is 7.41. The van der Waals surface area contributed by atoms with Crippen LogP contribution in [0, 0.1) is 0 Å². The summed E-state index contributed by atoms with van der Waals surface area (Å²) >= 11 is 0. The maximum atomic E-state index is 11.8. The highest BCUT2D eigenvalue weighted by atomic mass is 16.5. The number of nitrogens with one attached hydrogen (secondary N) is 1. The standard InChI is InChI=1S/C12H11N3O2/c16-12(15-6-5-13-8-15)14-10-7-17-11-4-2-1-3-9(10)11/h1-6,8,10H,7H2,(H,14,16). The van der Waals surface area contributed by atoms with Crippen LogP contribution in [0.25, 0.3) is 0 Å². The van der Waals surface area contributed by atoms with Crippen LogP contribution in [0.4, 0.5) is 4.79 Å². The molecule has 86 valence electrons. The number of fused-ring (bicyclic) bond motifs is 1. The van der Waals surface area contributed by atoms with Crippen LogP contribution >= 0.6 is 0 Å². The molecule has 1 atom stereocenters. The highest BCUT2D eigenvalue weighted by molar-refractivity contribution is 5.77. The number of rotatable bonds is 1. The Labute approximate surface area is 98.0 Å². The number of carbonyl (C=O) groups is 1. The molecule has 17 heavy (non-hydrogen) atoms. The number of ether oxygens (including phenoxy) is 1. The first-order chi connectivity index (χ1) is 8.34. The highest BCUT2D eigenvalue weighted by Crippen LogP contribution is 2.31. The van der Waals surface area contributed by atoms with Crippen molar-refractivity contribution < 1.29 is 9.53 Å². The topological polar surface area (TPSA) is 56.1 Å². The van der Waals surface area contributed by atoms with Crippen LogP contribution in [-0.2, 0) is 0 Å². The Morgan fingerprint density at radius 2 is 2.35 bits per heavy atom. The van der Waals surface area contributed by atoms with Gasteiger partial charge < -0.3 is 10.1 Å². The summed E-state index contributed by atoms with van der Waals surface area (Å²) in [5, 5.41) is 2.90. The van der Waals surface area contributed by atoms with Crippen LogP contribution in [-0.4, -0.2) is 22.2 Å². The molecule has 0 spiro atoms. The van der Waals surface area contributed by atoms with Crippen molar-refractivity contribution in [2.24, 2.45) is 0 Å². The van der Waals surface area contributed by atoms with E-state index in [4.69, 9.17) is 4.74 Å². The fraction of sp³-hybridized carbons (Fsp3) is 0.167. The number of aromatic nitrogens is 2. The first-order valence-corrected chi connectivity index (χ1v) is 5.35. The third-order valence-electron chi connectivity index (χ3n) is 2.74. The molecule has 1 amide bonds. The molecule has 1 N–H and O–H groups in total. The van der Waals surface area contributed by atoms with Crippen molar-refractivity contribution >= 4 is 6.03 Å². The van der Waals surface area contributed by atoms with Gasteiger partial charge in [-0.2, -0.15) is 0 Å². The predicted molar refractivity (Wildman–Crippen MR) is 60.8 cm³/mol. The van der Waals surface area contributed by atoms with Crippen molar-refractivity contribution in [3.63, 3.8) is 0 Å². The van der Waals surface area contributed by atoms with Gasteiger partial charge in [0.15, 0.2) is 0 Å². The second-order valence-corrected chi connectivity index (χ2v) is 3.82. The van der Waals surface area contributed by atoms with Gasteiger partial charge in [-0.1, -0.05) is 18.2 Å². The largest absolute Gasteiger partial charge is 0.491 e. The number of amides is 1. The van der Waals surface area contributed by atoms with E-state index in [2.05, 4.69) is 10.3 Å². The molecule has 1 aromatic heterocycles. The van der Waals surface area contributed by atoms with E-state index in [0.29, 0.717) is 6.61 Å². The minimum absolute atomic E-state index is 0.0962. The normalized spacial score (nSPS) is 17.3. The lowest BCUT2D eigenvalue weighted by atomic mass is 10.1. The fourth-order valence-electron chi connectivity index (χ4n) is 1.88. The summed E-state index contributed by atoms with van der Waals surface area (Å²) in [4.78, 5) is 15.7. The van der Waals surface area contributed by atoms with Crippen LogP contribution in [0.3, 0.4) is 0 Å². The molecule has 1 aliphatic rings. The van der Waals surface area contributed by atoms with Crippen molar-refractivity contribution in [3.05, 3.63) is 48.5 Å². The number of para-hydroxylation sites is 1. The zero-order valence-corrected chi connectivity index (χ0v) is 9.04. The molecule has 0 aliphatic carbocycles. The molecule has 0 bridgehead atoms. The van der Waals surface area contributed by atoms with E-state index in [0.717, 1.165) is 11.3 Å². The highest BCUT2D eigenvalue weighted by Gasteiger charge is 2.25. The van der Waals surface area contributed by atoms with Gasteiger partial charge in [0.2, 0.25) is 0 Å². The molecule has 5 nitrogen and oxygen atoms in total. The third kappa shape index (κ3) is 1.75. The monoisotopic (exact) mass is 229 g/mol. The molecule has 0 fully saturated rings. The van der Waals surface area contributed by atoms with Crippen LogP contribution < -0.4 is 10.1 Å². The van der Waals surface area contributed by atoms with Crippen LogP contribution in [0.2, 0.25) is 0 Å². The molecule has 0 radical (unpaired) electrons. The van der Waals surface area contributed by atoms with E-state index in [1.807, 2.05) is 24.3 Å². The summed E-state index contributed by atoms with van der Waals surface area (Å²) in [7, 11) is 0. The molecule has 5 heteroatoms. The van der Waals surface area contributed by atoms with E-state index < -0.39 is 0 Å². The Kier molecular flexibility index (Phi) is 2.29. The van der Waals surface area contributed by atoms with E-state index in [1.165, 1.54) is 10.9 Å². The van der Waals surface area contributed by atoms with Crippen LogP contribution in [0.1, 0.15) is 11.6 Å². The quantitative estimate of drug-likeness (QED) is 0.807. The van der Waals surface area contributed by atoms with Crippen molar-refractivity contribution in [2.45, 2.75) is 6.04 Å². The SMILES string of the molecule is O=C(NC1COc2ccccc21)n1ccnc1. The summed E-state index contributed by atoms with van der Waals surface area (Å²) in [6.45, 7) is 0.472. The van der Waals surface area contributed by atoms with Crippen molar-refractivity contribution in [1.82, 2.24) is 14.9 Å². The number of benzene rings is 1. The van der Waals surface area contributed by atoms with Gasteiger partial charge in [0.05, 0.1) is 6.04 Å². The first kappa shape index (κ1) is 9.89. The smallest absolute Gasteiger partial charge is 0.327 e. The van der Waals surface area contributed by atoms with Crippen molar-refractivity contribution in [1.29, 1.82) is 0 Å². The predicted octanol–water partition coefficient (Wildman–Crippen LogP) is 1.57. The van der Waals surface area contributed by atoms with Gasteiger partial charge in [0.1, 0.15) is 18.7 Å². The van der Waals surface area contributed by atoms with E-state index in [-0.39, 0.29) is 12.1 Å². The summed E-state index contributed by atoms with van der Waals surface area (Å²) in [6.07, 6.45) is 4.65. The molecule has 0 saturated carbocycles. The maximum absolute atomic E-state index is 11.8. The van der Waals surface area contributed by atoms with Crippen molar-refractivity contribution in [2.75, 3.05) is 6.61 Å². The van der Waals surface area contributed by atoms with E-state index >= 15 is 0 Å². The van der Waals surface area contributed by atoms with Gasteiger partial charge in [0.25, 0.3) is 0 Å². The summed E-state index contributed by atoms with van der Waals surface area (Å²) in [5.41, 5.74) is 1.01. The molecule has 2 aromatic rings. The van der Waals surface area contributed by atoms with Gasteiger partial charge in [0, 0.05) is 18.0 Å². The van der Waals surface area contributed by atoms with Gasteiger partial charge in [-0.15, -0.1) is 0 Å². The molecule has 2 heterocycles. The van der Waals surface area contributed by atoms with Crippen LogP contribution in [0.15, 0.2) is 43.0 Å². The second kappa shape index (κ2) is 3.93. The molecular weight excluding hydrogens is 218 g/mol.